The first kappa shape index (κ1) is 36.3. The molecule has 0 radical (unpaired) electrons. The van der Waals surface area contributed by atoms with E-state index in [1.807, 2.05) is 18.2 Å². The summed E-state index contributed by atoms with van der Waals surface area (Å²) in [6.45, 7) is 0. The highest BCUT2D eigenvalue weighted by atomic mass is 32.1. The maximum atomic E-state index is 6.72. The lowest BCUT2D eigenvalue weighted by Gasteiger charge is -2.18. The van der Waals surface area contributed by atoms with Crippen LogP contribution in [-0.2, 0) is 0 Å². The summed E-state index contributed by atoms with van der Waals surface area (Å²) in [6.07, 6.45) is 1.57. The largest absolute Gasteiger partial charge is 0.456 e. The highest BCUT2D eigenvalue weighted by Crippen LogP contribution is 2.42. The number of aromatic nitrogens is 3. The Morgan fingerprint density at radius 3 is 1.86 bits per heavy atom. The SMILES string of the molecule is c1ccc2c(c1)=C(c1nc(-c3ccc4ccccc4c3)nc(-c3cccc4c3sc3ccccc34)n1)CCC=2c1cccc2oc3cc(-c4cccc5oc6ccccc6c45)ccc3c12. The lowest BCUT2D eigenvalue weighted by Crippen LogP contribution is -2.33. The van der Waals surface area contributed by atoms with Gasteiger partial charge in [-0.1, -0.05) is 140 Å². The molecule has 1 aliphatic rings. The quantitative estimate of drug-likeness (QED) is 0.173. The molecule has 304 valence electrons. The Morgan fingerprint density at radius 2 is 0.969 bits per heavy atom. The second-order valence-corrected chi connectivity index (χ2v) is 18.0. The van der Waals surface area contributed by atoms with Crippen LogP contribution < -0.4 is 10.4 Å². The van der Waals surface area contributed by atoms with Crippen LogP contribution in [0.1, 0.15) is 24.2 Å². The number of rotatable bonds is 5. The summed E-state index contributed by atoms with van der Waals surface area (Å²) in [5, 5.41) is 11.6. The van der Waals surface area contributed by atoms with Crippen LogP contribution in [0.25, 0.3) is 120 Å². The number of hydrogen-bond donors (Lipinski definition) is 0. The third-order valence-corrected chi connectivity index (χ3v) is 14.5. The van der Waals surface area contributed by atoms with Gasteiger partial charge in [-0.25, -0.2) is 15.0 Å². The summed E-state index contributed by atoms with van der Waals surface area (Å²) in [5.41, 5.74) is 11.3. The summed E-state index contributed by atoms with van der Waals surface area (Å²) in [6, 6.07) is 66.4. The molecule has 0 bridgehead atoms. The molecule has 6 heteroatoms. The maximum absolute atomic E-state index is 6.72. The highest BCUT2D eigenvalue weighted by Gasteiger charge is 2.23. The number of furan rings is 2. The Kier molecular flexibility index (Phi) is 7.91. The van der Waals surface area contributed by atoms with Gasteiger partial charge in [0.25, 0.3) is 0 Å². The van der Waals surface area contributed by atoms with Gasteiger partial charge in [-0.05, 0) is 105 Å². The fourth-order valence-corrected chi connectivity index (χ4v) is 11.5. The molecule has 0 atom stereocenters. The van der Waals surface area contributed by atoms with E-state index in [9.17, 15) is 0 Å². The van der Waals surface area contributed by atoms with Crippen molar-refractivity contribution in [2.45, 2.75) is 12.8 Å². The van der Waals surface area contributed by atoms with Crippen molar-refractivity contribution in [1.29, 1.82) is 0 Å². The van der Waals surface area contributed by atoms with Crippen LogP contribution in [0.5, 0.6) is 0 Å². The van der Waals surface area contributed by atoms with E-state index in [4.69, 9.17) is 23.8 Å². The Hall–Kier alpha value is -8.19. The predicted molar refractivity (Wildman–Crippen MR) is 267 cm³/mol. The predicted octanol–water partition coefficient (Wildman–Crippen LogP) is 14.4. The molecule has 0 amide bonds. The molecule has 9 aromatic carbocycles. The van der Waals surface area contributed by atoms with Crippen LogP contribution in [0.4, 0.5) is 0 Å². The molecule has 0 saturated heterocycles. The van der Waals surface area contributed by atoms with Crippen LogP contribution in [0.2, 0.25) is 0 Å². The standard InChI is InChI=1S/C59H35N3O2S/c1-2-13-35-32-37(27-26-34(35)12-1)57-60-58(62-59(61-57)48-21-9-20-44-42-16-6-8-25-53(42)65-56(44)48)45-31-30-41(39-14-3-4-15-40(39)45)43-19-11-24-51-55(43)47-29-28-36(33-52(47)64-51)38-18-10-23-50-54(38)46-17-5-7-22-49(46)63-50/h1-29,32-33H,30-31H2. The van der Waals surface area contributed by atoms with E-state index in [2.05, 4.69) is 170 Å². The first-order valence-electron chi connectivity index (χ1n) is 22.0. The van der Waals surface area contributed by atoms with Gasteiger partial charge in [0.2, 0.25) is 0 Å². The van der Waals surface area contributed by atoms with Crippen LogP contribution in [-0.4, -0.2) is 15.0 Å². The smallest absolute Gasteiger partial charge is 0.165 e. The molecule has 5 nitrogen and oxygen atoms in total. The fourth-order valence-electron chi connectivity index (χ4n) is 10.3. The van der Waals surface area contributed by atoms with Gasteiger partial charge in [0.1, 0.15) is 22.3 Å². The zero-order valence-corrected chi connectivity index (χ0v) is 35.7. The monoisotopic (exact) mass is 849 g/mol. The normalized spacial score (nSPS) is 13.0. The van der Waals surface area contributed by atoms with Crippen LogP contribution in [0.15, 0.2) is 197 Å². The molecule has 4 aromatic heterocycles. The van der Waals surface area contributed by atoms with E-state index in [1.165, 1.54) is 41.9 Å². The first-order chi connectivity index (χ1) is 32.2. The number of hydrogen-bond acceptors (Lipinski definition) is 6. The van der Waals surface area contributed by atoms with E-state index < -0.39 is 0 Å². The molecule has 13 aromatic rings. The van der Waals surface area contributed by atoms with Crippen molar-refractivity contribution >= 4 is 97.3 Å². The van der Waals surface area contributed by atoms with E-state index in [1.54, 1.807) is 11.3 Å². The minimum absolute atomic E-state index is 0.667. The van der Waals surface area contributed by atoms with Crippen molar-refractivity contribution in [3.8, 4) is 33.9 Å². The second kappa shape index (κ2) is 14.2. The third-order valence-electron chi connectivity index (χ3n) is 13.3. The van der Waals surface area contributed by atoms with E-state index in [0.29, 0.717) is 17.5 Å². The summed E-state index contributed by atoms with van der Waals surface area (Å²) in [4.78, 5) is 16.0. The Morgan fingerprint density at radius 1 is 0.369 bits per heavy atom. The van der Waals surface area contributed by atoms with Crippen molar-refractivity contribution in [3.63, 3.8) is 0 Å². The lowest BCUT2D eigenvalue weighted by molar-refractivity contribution is 0.668. The highest BCUT2D eigenvalue weighted by molar-refractivity contribution is 7.26. The molecular formula is C59H35N3O2S. The van der Waals surface area contributed by atoms with Crippen molar-refractivity contribution in [2.24, 2.45) is 0 Å². The molecule has 65 heavy (non-hydrogen) atoms. The molecule has 0 N–H and O–H groups in total. The number of nitrogens with zero attached hydrogens (tertiary/aromatic N) is 3. The number of thiophene rings is 1. The van der Waals surface area contributed by atoms with Crippen LogP contribution >= 0.6 is 11.3 Å². The molecule has 0 aliphatic heterocycles. The van der Waals surface area contributed by atoms with Gasteiger partial charge in [-0.2, -0.15) is 0 Å². The van der Waals surface area contributed by atoms with Crippen LogP contribution in [0, 0.1) is 0 Å². The zero-order chi connectivity index (χ0) is 42.6. The first-order valence-corrected chi connectivity index (χ1v) is 22.9. The summed E-state index contributed by atoms with van der Waals surface area (Å²) < 4.78 is 15.4. The summed E-state index contributed by atoms with van der Waals surface area (Å²) in [7, 11) is 0. The average Bonchev–Trinajstić information content (AvgIpc) is 4.07. The summed E-state index contributed by atoms with van der Waals surface area (Å²) >= 11 is 1.80. The number of fused-ring (bicyclic) bond motifs is 11. The minimum atomic E-state index is 0.667. The third kappa shape index (κ3) is 5.67. The van der Waals surface area contributed by atoms with Crippen LogP contribution in [0.3, 0.4) is 0 Å². The molecule has 0 unspecified atom stereocenters. The fraction of sp³-hybridized carbons (Fsp3) is 0.0339. The molecule has 0 fully saturated rings. The van der Waals surface area contributed by atoms with Gasteiger partial charge >= 0.3 is 0 Å². The van der Waals surface area contributed by atoms with Gasteiger partial charge in [0, 0.05) is 58.4 Å². The molecule has 1 aliphatic carbocycles. The Bertz CT molecular complexity index is 4270. The number of para-hydroxylation sites is 1. The van der Waals surface area contributed by atoms with Gasteiger partial charge in [0.05, 0.1) is 0 Å². The van der Waals surface area contributed by atoms with E-state index in [-0.39, 0.29) is 0 Å². The zero-order valence-electron chi connectivity index (χ0n) is 34.9. The molecule has 0 spiro atoms. The Balaban J connectivity index is 0.964. The van der Waals surface area contributed by atoms with E-state index in [0.717, 1.165) is 95.2 Å². The minimum Gasteiger partial charge on any atom is -0.456 e. The van der Waals surface area contributed by atoms with Gasteiger partial charge in [0.15, 0.2) is 17.5 Å². The lowest BCUT2D eigenvalue weighted by atomic mass is 9.87. The molecule has 0 saturated carbocycles. The van der Waals surface area contributed by atoms with Crippen molar-refractivity contribution in [3.05, 3.63) is 210 Å². The second-order valence-electron chi connectivity index (χ2n) is 16.9. The Labute approximate surface area is 375 Å². The average molecular weight is 850 g/mol. The number of benzene rings is 9. The van der Waals surface area contributed by atoms with Crippen molar-refractivity contribution in [2.75, 3.05) is 0 Å². The molecule has 14 rings (SSSR count). The maximum Gasteiger partial charge on any atom is 0.165 e. The van der Waals surface area contributed by atoms with E-state index >= 15 is 0 Å². The van der Waals surface area contributed by atoms with Gasteiger partial charge in [-0.15, -0.1) is 11.3 Å². The van der Waals surface area contributed by atoms with Crippen molar-refractivity contribution in [1.82, 2.24) is 15.0 Å². The molecule has 4 heterocycles. The molecular weight excluding hydrogens is 815 g/mol. The summed E-state index contributed by atoms with van der Waals surface area (Å²) in [5.74, 6) is 2.06. The van der Waals surface area contributed by atoms with Gasteiger partial charge < -0.3 is 8.83 Å². The topological polar surface area (TPSA) is 65.0 Å². The van der Waals surface area contributed by atoms with Crippen molar-refractivity contribution < 1.29 is 8.83 Å². The van der Waals surface area contributed by atoms with Gasteiger partial charge in [-0.3, -0.25) is 0 Å².